The second-order valence-corrected chi connectivity index (χ2v) is 12.2. The molecule has 4 saturated carbocycles. The van der Waals surface area contributed by atoms with Crippen molar-refractivity contribution in [3.63, 3.8) is 0 Å². The van der Waals surface area contributed by atoms with E-state index in [-0.39, 0.29) is 5.97 Å². The van der Waals surface area contributed by atoms with E-state index in [9.17, 15) is 4.79 Å². The number of carbonyl (C=O) groups excluding carboxylic acids is 1. The number of esters is 1. The number of hydrogen-bond donors (Lipinski definition) is 0. The van der Waals surface area contributed by atoms with Crippen LogP contribution < -0.4 is 0 Å². The van der Waals surface area contributed by atoms with Crippen LogP contribution in [-0.2, 0) is 9.53 Å². The second-order valence-electron chi connectivity index (χ2n) is 12.2. The van der Waals surface area contributed by atoms with E-state index >= 15 is 0 Å². The molecule has 0 bridgehead atoms. The van der Waals surface area contributed by atoms with Gasteiger partial charge in [0.05, 0.1) is 19.3 Å². The van der Waals surface area contributed by atoms with Gasteiger partial charge in [-0.15, -0.1) is 5.10 Å². The molecule has 0 N–H and O–H groups in total. The van der Waals surface area contributed by atoms with E-state index in [2.05, 4.69) is 42.0 Å². The summed E-state index contributed by atoms with van der Waals surface area (Å²) in [7, 11) is 1.51. The topological polar surface area (TPSA) is 57.0 Å². The molecule has 0 spiro atoms. The van der Waals surface area contributed by atoms with Gasteiger partial charge < -0.3 is 4.74 Å². The Morgan fingerprint density at radius 3 is 2.69 bits per heavy atom. The molecular weight excluding hydrogens is 398 g/mol. The first-order chi connectivity index (χ1) is 15.4. The molecule has 178 valence electrons. The summed E-state index contributed by atoms with van der Waals surface area (Å²) in [6.07, 6.45) is 17.8. The predicted molar refractivity (Wildman–Crippen MR) is 125 cm³/mol. The molecule has 4 unspecified atom stereocenters. The first-order valence-electron chi connectivity index (χ1n) is 13.3. The minimum atomic E-state index is -0.0601. The number of ether oxygens (including phenoxy) is 1. The zero-order chi connectivity index (χ0) is 22.5. The van der Waals surface area contributed by atoms with Gasteiger partial charge in [0.2, 0.25) is 0 Å². The summed E-state index contributed by atoms with van der Waals surface area (Å²) in [5, 5.41) is 8.78. The first kappa shape index (κ1) is 22.4. The molecule has 0 aromatic carbocycles. The highest BCUT2D eigenvalue weighted by atomic mass is 16.5. The van der Waals surface area contributed by atoms with Gasteiger partial charge >= 0.3 is 5.97 Å². The van der Waals surface area contributed by atoms with Gasteiger partial charge in [-0.05, 0) is 97.7 Å². The molecule has 0 radical (unpaired) electrons. The Bertz CT molecular complexity index is 810. The third-order valence-corrected chi connectivity index (χ3v) is 11.2. The quantitative estimate of drug-likeness (QED) is 0.521. The number of rotatable bonds is 5. The molecule has 5 nitrogen and oxygen atoms in total. The van der Waals surface area contributed by atoms with Crippen LogP contribution in [0.5, 0.6) is 0 Å². The lowest BCUT2D eigenvalue weighted by molar-refractivity contribution is -0.143. The molecule has 4 fully saturated rings. The smallest absolute Gasteiger partial charge is 0.305 e. The van der Waals surface area contributed by atoms with E-state index in [1.165, 1.54) is 64.9 Å². The van der Waals surface area contributed by atoms with Crippen LogP contribution in [0.1, 0.15) is 97.4 Å². The van der Waals surface area contributed by atoms with Crippen LogP contribution in [0.4, 0.5) is 0 Å². The first-order valence-corrected chi connectivity index (χ1v) is 13.3. The number of aromatic nitrogens is 3. The van der Waals surface area contributed by atoms with Crippen LogP contribution in [0.2, 0.25) is 0 Å². The number of hydrogen-bond acceptors (Lipinski definition) is 4. The number of nitrogens with zero attached hydrogens (tertiary/aromatic N) is 3. The maximum Gasteiger partial charge on any atom is 0.305 e. The van der Waals surface area contributed by atoms with E-state index in [1.807, 2.05) is 6.20 Å². The second kappa shape index (κ2) is 8.43. The number of carbonyl (C=O) groups is 1. The van der Waals surface area contributed by atoms with Crippen LogP contribution in [-0.4, -0.2) is 28.1 Å². The maximum atomic E-state index is 11.8. The van der Waals surface area contributed by atoms with Crippen LogP contribution >= 0.6 is 0 Å². The molecule has 9 atom stereocenters. The Balaban J connectivity index is 1.44. The standard InChI is InChI=1S/C27H43N3O2/c1-18(8-11-24(31)32-4)20-9-10-21-25-22(12-14-27(20,21)3)26(2)13-6-5-7-19(26)17-23(25)30-16-15-28-29-30/h15-16,18-23,25H,5-14,17H2,1-4H3/t18-,19?,20-,21?,22?,23+,25?,26+,27-/m1/s1. The molecule has 5 rings (SSSR count). The molecule has 0 aliphatic heterocycles. The van der Waals surface area contributed by atoms with Gasteiger partial charge in [0.15, 0.2) is 0 Å². The Morgan fingerprint density at radius 2 is 1.94 bits per heavy atom. The molecule has 4 aliphatic carbocycles. The molecule has 5 heteroatoms. The lowest BCUT2D eigenvalue weighted by Gasteiger charge is -2.62. The van der Waals surface area contributed by atoms with Crippen molar-refractivity contribution in [2.45, 2.75) is 97.4 Å². The monoisotopic (exact) mass is 441 g/mol. The summed E-state index contributed by atoms with van der Waals surface area (Å²) in [4.78, 5) is 11.8. The maximum absolute atomic E-state index is 11.8. The van der Waals surface area contributed by atoms with E-state index < -0.39 is 0 Å². The third-order valence-electron chi connectivity index (χ3n) is 11.2. The Labute approximate surface area is 194 Å². The molecule has 1 aromatic rings. The minimum absolute atomic E-state index is 0.0601. The van der Waals surface area contributed by atoms with Crippen molar-refractivity contribution in [2.75, 3.05) is 7.11 Å². The van der Waals surface area contributed by atoms with Crippen molar-refractivity contribution in [1.29, 1.82) is 0 Å². The highest BCUT2D eigenvalue weighted by Gasteiger charge is 2.63. The molecule has 32 heavy (non-hydrogen) atoms. The fourth-order valence-corrected chi connectivity index (χ4v) is 9.56. The van der Waals surface area contributed by atoms with Crippen molar-refractivity contribution in [3.05, 3.63) is 12.4 Å². The summed E-state index contributed by atoms with van der Waals surface area (Å²) in [5.74, 6) is 4.37. The summed E-state index contributed by atoms with van der Waals surface area (Å²) < 4.78 is 7.17. The van der Waals surface area contributed by atoms with Crippen LogP contribution in [0, 0.1) is 46.3 Å². The lowest BCUT2D eigenvalue weighted by atomic mass is 9.43. The fourth-order valence-electron chi connectivity index (χ4n) is 9.56. The van der Waals surface area contributed by atoms with E-state index in [0.717, 1.165) is 24.2 Å². The zero-order valence-electron chi connectivity index (χ0n) is 20.6. The Hall–Kier alpha value is -1.39. The van der Waals surface area contributed by atoms with E-state index in [0.29, 0.717) is 41.0 Å². The average molecular weight is 442 g/mol. The highest BCUT2D eigenvalue weighted by molar-refractivity contribution is 5.69. The van der Waals surface area contributed by atoms with Gasteiger partial charge in [0.1, 0.15) is 0 Å². The minimum Gasteiger partial charge on any atom is -0.469 e. The molecule has 0 saturated heterocycles. The Morgan fingerprint density at radius 1 is 1.12 bits per heavy atom. The van der Waals surface area contributed by atoms with E-state index in [4.69, 9.17) is 4.74 Å². The molecule has 4 aliphatic rings. The Kier molecular flexibility index (Phi) is 5.90. The van der Waals surface area contributed by atoms with Gasteiger partial charge in [-0.3, -0.25) is 4.79 Å². The van der Waals surface area contributed by atoms with Gasteiger partial charge in [0.25, 0.3) is 0 Å². The summed E-state index contributed by atoms with van der Waals surface area (Å²) in [5.41, 5.74) is 0.892. The number of methoxy groups -OCH3 is 1. The number of fused-ring (bicyclic) bond motifs is 5. The fraction of sp³-hybridized carbons (Fsp3) is 0.889. The SMILES string of the molecule is COC(=O)CC[C@@H](C)[C@H]1CCC2C3C(CC[C@@]21C)[C@@]1(C)CCCCC1C[C@@H]3n1ccnn1. The average Bonchev–Trinajstić information content (AvgIpc) is 3.44. The molecule has 1 heterocycles. The van der Waals surface area contributed by atoms with Gasteiger partial charge in [-0.1, -0.05) is 38.8 Å². The zero-order valence-corrected chi connectivity index (χ0v) is 20.6. The predicted octanol–water partition coefficient (Wildman–Crippen LogP) is 6.07. The van der Waals surface area contributed by atoms with Crippen LogP contribution in [0.3, 0.4) is 0 Å². The van der Waals surface area contributed by atoms with Crippen molar-refractivity contribution >= 4 is 5.97 Å². The van der Waals surface area contributed by atoms with Crippen LogP contribution in [0.25, 0.3) is 0 Å². The van der Waals surface area contributed by atoms with Crippen molar-refractivity contribution < 1.29 is 9.53 Å². The van der Waals surface area contributed by atoms with E-state index in [1.54, 1.807) is 0 Å². The highest BCUT2D eigenvalue weighted by Crippen LogP contribution is 2.70. The molecule has 0 amide bonds. The van der Waals surface area contributed by atoms with Crippen molar-refractivity contribution in [2.24, 2.45) is 46.3 Å². The molecular formula is C27H43N3O2. The molecule has 1 aromatic heterocycles. The summed E-state index contributed by atoms with van der Waals surface area (Å²) in [6.45, 7) is 7.65. The largest absolute Gasteiger partial charge is 0.469 e. The summed E-state index contributed by atoms with van der Waals surface area (Å²) >= 11 is 0. The lowest BCUT2D eigenvalue weighted by Crippen LogP contribution is -2.56. The van der Waals surface area contributed by atoms with Crippen molar-refractivity contribution in [1.82, 2.24) is 15.0 Å². The van der Waals surface area contributed by atoms with Gasteiger partial charge in [-0.2, -0.15) is 0 Å². The summed E-state index contributed by atoms with van der Waals surface area (Å²) in [6, 6.07) is 0.507. The normalized spacial score (nSPS) is 44.2. The third kappa shape index (κ3) is 3.44. The van der Waals surface area contributed by atoms with Crippen LogP contribution in [0.15, 0.2) is 12.4 Å². The van der Waals surface area contributed by atoms with Gasteiger partial charge in [0, 0.05) is 12.6 Å². The van der Waals surface area contributed by atoms with Gasteiger partial charge in [-0.25, -0.2) is 4.68 Å². The van der Waals surface area contributed by atoms with Crippen molar-refractivity contribution in [3.8, 4) is 0 Å².